The van der Waals surface area contributed by atoms with Gasteiger partial charge in [0.05, 0.1) is 23.9 Å². The summed E-state index contributed by atoms with van der Waals surface area (Å²) in [7, 11) is 1.59. The summed E-state index contributed by atoms with van der Waals surface area (Å²) in [6, 6.07) is 21.7. The molecule has 1 aliphatic rings. The number of hydrogen-bond acceptors (Lipinski definition) is 8. The van der Waals surface area contributed by atoms with Crippen LogP contribution in [0.15, 0.2) is 66.7 Å². The highest BCUT2D eigenvalue weighted by atomic mass is 16.5. The van der Waals surface area contributed by atoms with Crippen LogP contribution in [0, 0.1) is 0 Å². The highest BCUT2D eigenvalue weighted by molar-refractivity contribution is 5.92. The average Bonchev–Trinajstić information content (AvgIpc) is 3.27. The van der Waals surface area contributed by atoms with Gasteiger partial charge in [0.2, 0.25) is 0 Å². The van der Waals surface area contributed by atoms with Crippen molar-refractivity contribution in [3.63, 3.8) is 0 Å². The molecule has 184 valence electrons. The fourth-order valence-electron chi connectivity index (χ4n) is 4.03. The standard InChI is InChI=1S/C27H28N6O3/c1-17-22-15-19(10-11-24(22)33-32-17)29-27-21-8-3-4-9-23(21)30-26(31-27)18-6-5-7-20(14-18)36-16-25(34)28-12-13-35-2/h3-11,14-15,17,32-33H,12-13,16H2,1-2H3,(H,28,34)(H,29,30,31). The third kappa shape index (κ3) is 5.22. The lowest BCUT2D eigenvalue weighted by Gasteiger charge is -2.13. The van der Waals surface area contributed by atoms with Crippen LogP contribution >= 0.6 is 0 Å². The Bertz CT molecular complexity index is 1390. The number of carbonyl (C=O) groups is 1. The number of amides is 1. The summed E-state index contributed by atoms with van der Waals surface area (Å²) in [5, 5.41) is 7.15. The third-order valence-electron chi connectivity index (χ3n) is 5.90. The topological polar surface area (TPSA) is 109 Å². The zero-order valence-electron chi connectivity index (χ0n) is 20.2. The van der Waals surface area contributed by atoms with E-state index in [1.165, 1.54) is 5.56 Å². The number of methoxy groups -OCH3 is 1. The number of para-hydroxylation sites is 1. The number of fused-ring (bicyclic) bond motifs is 2. The first-order valence-electron chi connectivity index (χ1n) is 11.8. The van der Waals surface area contributed by atoms with E-state index in [9.17, 15) is 4.79 Å². The van der Waals surface area contributed by atoms with Crippen LogP contribution in [0.5, 0.6) is 5.75 Å². The molecule has 1 atom stereocenters. The zero-order valence-corrected chi connectivity index (χ0v) is 20.2. The second-order valence-electron chi connectivity index (χ2n) is 8.49. The lowest BCUT2D eigenvalue weighted by molar-refractivity contribution is -0.123. The highest BCUT2D eigenvalue weighted by Gasteiger charge is 2.18. The molecule has 9 nitrogen and oxygen atoms in total. The van der Waals surface area contributed by atoms with Gasteiger partial charge in [-0.25, -0.2) is 15.4 Å². The van der Waals surface area contributed by atoms with Gasteiger partial charge in [0.1, 0.15) is 11.6 Å². The number of carbonyl (C=O) groups excluding carboxylic acids is 1. The van der Waals surface area contributed by atoms with Gasteiger partial charge in [-0.1, -0.05) is 24.3 Å². The number of rotatable bonds is 9. The van der Waals surface area contributed by atoms with Crippen molar-refractivity contribution >= 4 is 34.0 Å². The molecule has 0 aliphatic carbocycles. The first kappa shape index (κ1) is 23.5. The van der Waals surface area contributed by atoms with E-state index in [0.29, 0.717) is 30.5 Å². The largest absolute Gasteiger partial charge is 0.484 e. The lowest BCUT2D eigenvalue weighted by Crippen LogP contribution is -2.31. The summed E-state index contributed by atoms with van der Waals surface area (Å²) < 4.78 is 10.6. The van der Waals surface area contributed by atoms with Crippen molar-refractivity contribution in [2.75, 3.05) is 37.6 Å². The number of benzene rings is 3. The van der Waals surface area contributed by atoms with Gasteiger partial charge in [-0.05, 0) is 55.0 Å². The third-order valence-corrected chi connectivity index (χ3v) is 5.90. The van der Waals surface area contributed by atoms with Crippen molar-refractivity contribution in [3.05, 3.63) is 72.3 Å². The first-order chi connectivity index (χ1) is 17.6. The van der Waals surface area contributed by atoms with Crippen molar-refractivity contribution < 1.29 is 14.3 Å². The molecule has 9 heteroatoms. The molecule has 36 heavy (non-hydrogen) atoms. The predicted molar refractivity (Wildman–Crippen MR) is 140 cm³/mol. The van der Waals surface area contributed by atoms with Crippen LogP contribution in [0.25, 0.3) is 22.3 Å². The summed E-state index contributed by atoms with van der Waals surface area (Å²) in [5.41, 5.74) is 11.2. The van der Waals surface area contributed by atoms with Gasteiger partial charge in [-0.3, -0.25) is 4.79 Å². The van der Waals surface area contributed by atoms with Crippen LogP contribution < -0.4 is 26.2 Å². The normalized spacial score (nSPS) is 14.2. The van der Waals surface area contributed by atoms with Crippen LogP contribution in [0.4, 0.5) is 17.2 Å². The van der Waals surface area contributed by atoms with Crippen LogP contribution in [0.3, 0.4) is 0 Å². The molecule has 1 amide bonds. The molecule has 3 aromatic carbocycles. The van der Waals surface area contributed by atoms with E-state index in [1.807, 2.05) is 54.6 Å². The maximum absolute atomic E-state index is 12.0. The fourth-order valence-corrected chi connectivity index (χ4v) is 4.03. The Balaban J connectivity index is 1.41. The minimum atomic E-state index is -0.208. The molecule has 0 radical (unpaired) electrons. The average molecular weight is 485 g/mol. The maximum Gasteiger partial charge on any atom is 0.258 e. The molecular formula is C27H28N6O3. The van der Waals surface area contributed by atoms with E-state index >= 15 is 0 Å². The van der Waals surface area contributed by atoms with Crippen LogP contribution in [-0.4, -0.2) is 42.7 Å². The second-order valence-corrected chi connectivity index (χ2v) is 8.49. The molecule has 5 rings (SSSR count). The number of nitrogens with zero attached hydrogens (tertiary/aromatic N) is 2. The Labute approximate surface area is 209 Å². The minimum absolute atomic E-state index is 0.0843. The molecule has 0 spiro atoms. The summed E-state index contributed by atoms with van der Waals surface area (Å²) in [6.07, 6.45) is 0. The Morgan fingerprint density at radius 3 is 2.83 bits per heavy atom. The molecule has 0 fully saturated rings. The van der Waals surface area contributed by atoms with E-state index in [1.54, 1.807) is 13.2 Å². The Kier molecular flexibility index (Phi) is 6.92. The summed E-state index contributed by atoms with van der Waals surface area (Å²) in [6.45, 7) is 2.92. The molecule has 2 heterocycles. The monoisotopic (exact) mass is 484 g/mol. The van der Waals surface area contributed by atoms with Gasteiger partial charge in [0.25, 0.3) is 5.91 Å². The van der Waals surface area contributed by atoms with Crippen LogP contribution in [-0.2, 0) is 9.53 Å². The molecule has 1 aromatic heterocycles. The van der Waals surface area contributed by atoms with Crippen LogP contribution in [0.2, 0.25) is 0 Å². The smallest absolute Gasteiger partial charge is 0.258 e. The Morgan fingerprint density at radius 2 is 1.94 bits per heavy atom. The molecule has 1 unspecified atom stereocenters. The van der Waals surface area contributed by atoms with E-state index in [4.69, 9.17) is 19.4 Å². The summed E-state index contributed by atoms with van der Waals surface area (Å²) >= 11 is 0. The highest BCUT2D eigenvalue weighted by Crippen LogP contribution is 2.33. The number of ether oxygens (including phenoxy) is 2. The van der Waals surface area contributed by atoms with Gasteiger partial charge in [-0.15, -0.1) is 0 Å². The lowest BCUT2D eigenvalue weighted by atomic mass is 10.1. The van der Waals surface area contributed by atoms with Gasteiger partial charge >= 0.3 is 0 Å². The Hall–Kier alpha value is -4.21. The molecule has 0 saturated heterocycles. The van der Waals surface area contributed by atoms with Crippen molar-refractivity contribution in [3.8, 4) is 17.1 Å². The molecule has 0 saturated carbocycles. The van der Waals surface area contributed by atoms with E-state index < -0.39 is 0 Å². The number of aromatic nitrogens is 2. The first-order valence-corrected chi connectivity index (χ1v) is 11.8. The molecule has 0 bridgehead atoms. The molecule has 1 aliphatic heterocycles. The van der Waals surface area contributed by atoms with E-state index in [-0.39, 0.29) is 18.6 Å². The quantitative estimate of drug-likeness (QED) is 0.262. The van der Waals surface area contributed by atoms with Gasteiger partial charge < -0.3 is 25.5 Å². The van der Waals surface area contributed by atoms with Crippen LogP contribution in [0.1, 0.15) is 18.5 Å². The minimum Gasteiger partial charge on any atom is -0.484 e. The van der Waals surface area contributed by atoms with Crippen molar-refractivity contribution in [1.29, 1.82) is 0 Å². The van der Waals surface area contributed by atoms with Gasteiger partial charge in [-0.2, -0.15) is 0 Å². The molecular weight excluding hydrogens is 456 g/mol. The Morgan fingerprint density at radius 1 is 1.06 bits per heavy atom. The van der Waals surface area contributed by atoms with Gasteiger partial charge in [0, 0.05) is 30.3 Å². The molecule has 4 aromatic rings. The number of hydrazine groups is 1. The van der Waals surface area contributed by atoms with E-state index in [2.05, 4.69) is 34.5 Å². The van der Waals surface area contributed by atoms with E-state index in [0.717, 1.165) is 27.8 Å². The predicted octanol–water partition coefficient (Wildman–Crippen LogP) is 4.17. The zero-order chi connectivity index (χ0) is 24.9. The second kappa shape index (κ2) is 10.6. The summed E-state index contributed by atoms with van der Waals surface area (Å²) in [4.78, 5) is 21.6. The van der Waals surface area contributed by atoms with Gasteiger partial charge in [0.15, 0.2) is 12.4 Å². The van der Waals surface area contributed by atoms with Crippen molar-refractivity contribution in [1.82, 2.24) is 20.7 Å². The SMILES string of the molecule is COCCNC(=O)COc1cccc(-c2nc(Nc3ccc4c(c3)C(C)NN4)c3ccccc3n2)c1. The van der Waals surface area contributed by atoms with Crippen molar-refractivity contribution in [2.24, 2.45) is 0 Å². The number of anilines is 3. The molecule has 4 N–H and O–H groups in total. The number of hydrogen-bond donors (Lipinski definition) is 4. The summed E-state index contributed by atoms with van der Waals surface area (Å²) in [5.74, 6) is 1.63. The fraction of sp³-hybridized carbons (Fsp3) is 0.222. The van der Waals surface area contributed by atoms with Crippen molar-refractivity contribution in [2.45, 2.75) is 13.0 Å². The number of nitrogens with one attached hydrogen (secondary N) is 4. The maximum atomic E-state index is 12.0.